The number of carbonyl (C=O) groups is 2. The monoisotopic (exact) mass is 440 g/mol. The Morgan fingerprint density at radius 1 is 1.37 bits per heavy atom. The Bertz CT molecular complexity index is 853. The van der Waals surface area contributed by atoms with Crippen LogP contribution < -0.4 is 5.32 Å². The van der Waals surface area contributed by atoms with Gasteiger partial charge in [0, 0.05) is 31.2 Å². The average molecular weight is 441 g/mol. The third-order valence-electron chi connectivity index (χ3n) is 7.00. The summed E-state index contributed by atoms with van der Waals surface area (Å²) in [6.45, 7) is 1.86. The number of nitrogens with zero attached hydrogens (tertiary/aromatic N) is 2. The molecule has 164 valence electrons. The number of hydrogen-bond donors (Lipinski definition) is 2. The van der Waals surface area contributed by atoms with Gasteiger partial charge < -0.3 is 20.1 Å². The van der Waals surface area contributed by atoms with Gasteiger partial charge in [-0.15, -0.1) is 12.4 Å². The summed E-state index contributed by atoms with van der Waals surface area (Å²) in [6.07, 6.45) is 6.85. The van der Waals surface area contributed by atoms with Crippen molar-refractivity contribution in [2.75, 3.05) is 26.7 Å². The fourth-order valence-electron chi connectivity index (χ4n) is 5.42. The van der Waals surface area contributed by atoms with Crippen LogP contribution in [0.15, 0.2) is 23.2 Å². The molecule has 1 saturated heterocycles. The molecule has 9 heteroatoms. The van der Waals surface area contributed by atoms with E-state index in [4.69, 9.17) is 4.74 Å². The maximum absolute atomic E-state index is 15.4. The minimum Gasteiger partial charge on any atom is -0.481 e. The third-order valence-corrected chi connectivity index (χ3v) is 7.00. The van der Waals surface area contributed by atoms with Gasteiger partial charge in [0.2, 0.25) is 6.04 Å². The standard InChI is InChI=1S/C21H26FN3O4.ClH/c1-29-20-17-13(19(26)14(21(27)28)9-25(17)12-4-5-12)7-15(22)18(20)24-8-11-3-2-6-23-16(11)10-24;/h7,10-12,14,16,18,20,23H,2-6,8-9H2,1H3;1H/p+1/t11-,14?,16+,18?,20?;/m0./s1. The highest BCUT2D eigenvalue weighted by Gasteiger charge is 2.53. The first-order valence-electron chi connectivity index (χ1n) is 10.5. The number of ether oxygens (including phenoxy) is 1. The zero-order chi connectivity index (χ0) is 20.3. The molecule has 1 saturated carbocycles. The van der Waals surface area contributed by atoms with Crippen molar-refractivity contribution < 1.29 is 28.4 Å². The molecule has 0 aromatic rings. The predicted molar refractivity (Wildman–Crippen MR) is 110 cm³/mol. The third kappa shape index (κ3) is 3.39. The number of allylic oxidation sites excluding steroid dienone is 2. The van der Waals surface area contributed by atoms with E-state index in [0.717, 1.165) is 38.8 Å². The number of carbonyl (C=O) groups excluding carboxylic acids is 1. The molecule has 0 amide bonds. The minimum absolute atomic E-state index is 0. The topological polar surface area (TPSA) is 81.9 Å². The maximum atomic E-state index is 15.4. The summed E-state index contributed by atoms with van der Waals surface area (Å²) in [7, 11) is 1.54. The van der Waals surface area contributed by atoms with Gasteiger partial charge in [-0.1, -0.05) is 0 Å². The van der Waals surface area contributed by atoms with E-state index < -0.39 is 35.6 Å². The molecule has 7 nitrogen and oxygen atoms in total. The fraction of sp³-hybridized carbons (Fsp3) is 0.667. The van der Waals surface area contributed by atoms with E-state index in [9.17, 15) is 14.7 Å². The smallest absolute Gasteiger partial charge is 0.316 e. The number of rotatable bonds is 4. The number of Topliss-reactive ketones (excluding diaryl/α,β-unsaturated/α-hetero) is 1. The van der Waals surface area contributed by atoms with Gasteiger partial charge in [0.15, 0.2) is 23.9 Å². The number of aliphatic carboxylic acids is 1. The second-order valence-corrected chi connectivity index (χ2v) is 8.80. The van der Waals surface area contributed by atoms with Crippen molar-refractivity contribution in [2.45, 2.75) is 49.9 Å². The number of hydrogen-bond acceptors (Lipinski definition) is 5. The molecule has 3 aliphatic heterocycles. The van der Waals surface area contributed by atoms with Gasteiger partial charge in [0.05, 0.1) is 11.7 Å². The molecule has 0 bridgehead atoms. The van der Waals surface area contributed by atoms with Crippen LogP contribution in [0.2, 0.25) is 0 Å². The Morgan fingerprint density at radius 2 is 2.13 bits per heavy atom. The van der Waals surface area contributed by atoms with Crippen LogP contribution in [-0.2, 0) is 14.3 Å². The molecule has 0 radical (unpaired) electrons. The second kappa shape index (κ2) is 8.05. The zero-order valence-electron chi connectivity index (χ0n) is 16.9. The lowest BCUT2D eigenvalue weighted by Gasteiger charge is -2.41. The van der Waals surface area contributed by atoms with Gasteiger partial charge >= 0.3 is 5.97 Å². The zero-order valence-corrected chi connectivity index (χ0v) is 17.7. The Balaban J connectivity index is 0.00000218. The highest BCUT2D eigenvalue weighted by molar-refractivity contribution is 6.11. The summed E-state index contributed by atoms with van der Waals surface area (Å²) in [5.74, 6) is -2.80. The summed E-state index contributed by atoms with van der Waals surface area (Å²) in [4.78, 5) is 26.5. The van der Waals surface area contributed by atoms with E-state index in [0.29, 0.717) is 11.6 Å². The lowest BCUT2D eigenvalue weighted by atomic mass is 9.83. The van der Waals surface area contributed by atoms with Crippen LogP contribution in [0.3, 0.4) is 0 Å². The van der Waals surface area contributed by atoms with Gasteiger partial charge in [0.25, 0.3) is 0 Å². The first kappa shape index (κ1) is 21.5. The highest BCUT2D eigenvalue weighted by atomic mass is 35.5. The number of fused-ring (bicyclic) bond motifs is 1. The van der Waals surface area contributed by atoms with Crippen molar-refractivity contribution in [3.63, 3.8) is 0 Å². The number of halogens is 2. The maximum Gasteiger partial charge on any atom is 0.316 e. The normalized spacial score (nSPS) is 35.9. The molecule has 2 N–H and O–H groups in total. The first-order valence-corrected chi connectivity index (χ1v) is 10.5. The molecule has 3 unspecified atom stereocenters. The largest absolute Gasteiger partial charge is 0.481 e. The van der Waals surface area contributed by atoms with Gasteiger partial charge in [-0.2, -0.15) is 0 Å². The van der Waals surface area contributed by atoms with Crippen LogP contribution in [0, 0.1) is 11.8 Å². The van der Waals surface area contributed by atoms with Gasteiger partial charge in [-0.25, -0.2) is 8.97 Å². The summed E-state index contributed by atoms with van der Waals surface area (Å²) in [5, 5.41) is 13.0. The lowest BCUT2D eigenvalue weighted by Crippen LogP contribution is -2.53. The van der Waals surface area contributed by atoms with Gasteiger partial charge in [0.1, 0.15) is 12.5 Å². The number of methoxy groups -OCH3 is 1. The van der Waals surface area contributed by atoms with Crippen LogP contribution in [0.25, 0.3) is 0 Å². The SMILES string of the molecule is COC1C2=C(C=C(F)C1[N+]1=C[C@H]3NCCC[C@H]3C1)C(=O)C(C(=O)O)CN2C1CC1.Cl. The van der Waals surface area contributed by atoms with Gasteiger partial charge in [-0.05, 0) is 38.3 Å². The van der Waals surface area contributed by atoms with Crippen molar-refractivity contribution in [2.24, 2.45) is 11.8 Å². The number of piperidine rings is 1. The number of carboxylic acids is 1. The van der Waals surface area contributed by atoms with E-state index in [2.05, 4.69) is 11.5 Å². The first-order chi connectivity index (χ1) is 14.0. The van der Waals surface area contributed by atoms with Crippen LogP contribution in [0.5, 0.6) is 0 Å². The molecule has 2 fully saturated rings. The molecule has 5 atom stereocenters. The van der Waals surface area contributed by atoms with Crippen molar-refractivity contribution in [3.05, 3.63) is 23.2 Å². The van der Waals surface area contributed by atoms with Crippen LogP contribution >= 0.6 is 12.4 Å². The number of carboxylic acid groups (broad SMARTS) is 1. The van der Waals surface area contributed by atoms with E-state index in [1.165, 1.54) is 6.08 Å². The Hall–Kier alpha value is -1.77. The predicted octanol–water partition coefficient (Wildman–Crippen LogP) is 1.13. The van der Waals surface area contributed by atoms with E-state index in [1.807, 2.05) is 9.48 Å². The lowest BCUT2D eigenvalue weighted by molar-refractivity contribution is -0.562. The summed E-state index contributed by atoms with van der Waals surface area (Å²) >= 11 is 0. The van der Waals surface area contributed by atoms with Crippen LogP contribution in [0.4, 0.5) is 4.39 Å². The quantitative estimate of drug-likeness (QED) is 0.503. The molecular formula is C21H28ClFN3O4+. The molecule has 30 heavy (non-hydrogen) atoms. The summed E-state index contributed by atoms with van der Waals surface area (Å²) in [6, 6.07) is -0.176. The Morgan fingerprint density at radius 3 is 2.77 bits per heavy atom. The average Bonchev–Trinajstić information content (AvgIpc) is 3.45. The van der Waals surface area contributed by atoms with E-state index >= 15 is 4.39 Å². The molecule has 3 heterocycles. The molecular weight excluding hydrogens is 413 g/mol. The van der Waals surface area contributed by atoms with Crippen molar-refractivity contribution in [1.29, 1.82) is 0 Å². The molecule has 0 aromatic carbocycles. The summed E-state index contributed by atoms with van der Waals surface area (Å²) in [5.41, 5.74) is 0.839. The molecule has 5 rings (SSSR count). The van der Waals surface area contributed by atoms with Crippen molar-refractivity contribution >= 4 is 30.4 Å². The molecule has 0 spiro atoms. The Kier molecular flexibility index (Phi) is 5.76. The molecule has 2 aliphatic carbocycles. The Labute approximate surface area is 181 Å². The van der Waals surface area contributed by atoms with Crippen LogP contribution in [0.1, 0.15) is 25.7 Å². The summed E-state index contributed by atoms with van der Waals surface area (Å²) < 4.78 is 23.2. The molecule has 0 aromatic heterocycles. The number of nitrogens with one attached hydrogen (secondary N) is 1. The van der Waals surface area contributed by atoms with E-state index in [-0.39, 0.29) is 36.6 Å². The fourth-order valence-corrected chi connectivity index (χ4v) is 5.42. The molecule has 5 aliphatic rings. The minimum atomic E-state index is -1.15. The van der Waals surface area contributed by atoms with Gasteiger partial charge in [-0.3, -0.25) is 9.59 Å². The number of ketones is 1. The van der Waals surface area contributed by atoms with Crippen LogP contribution in [-0.4, -0.2) is 83.5 Å². The van der Waals surface area contributed by atoms with Crippen molar-refractivity contribution in [1.82, 2.24) is 10.2 Å². The van der Waals surface area contributed by atoms with Crippen molar-refractivity contribution in [3.8, 4) is 0 Å². The van der Waals surface area contributed by atoms with E-state index in [1.54, 1.807) is 7.11 Å². The second-order valence-electron chi connectivity index (χ2n) is 8.80. The highest BCUT2D eigenvalue weighted by Crippen LogP contribution is 2.42.